The highest BCUT2D eigenvalue weighted by Gasteiger charge is 2.07. The molecule has 2 aromatic carbocycles. The van der Waals surface area contributed by atoms with E-state index in [-0.39, 0.29) is 5.69 Å². The van der Waals surface area contributed by atoms with Crippen molar-refractivity contribution < 1.29 is 14.3 Å². The zero-order valence-electron chi connectivity index (χ0n) is 13.4. The van der Waals surface area contributed by atoms with Crippen molar-refractivity contribution in [2.75, 3.05) is 11.9 Å². The normalized spacial score (nSPS) is 11.0. The fourth-order valence-electron chi connectivity index (χ4n) is 2.23. The number of carbonyl (C=O) groups is 2. The summed E-state index contributed by atoms with van der Waals surface area (Å²) in [4.78, 5) is 39.9. The highest BCUT2D eigenvalue weighted by Crippen LogP contribution is 2.14. The molecule has 0 saturated heterocycles. The van der Waals surface area contributed by atoms with Gasteiger partial charge < -0.3 is 20.0 Å². The molecule has 0 atom stereocenters. The van der Waals surface area contributed by atoms with E-state index in [4.69, 9.17) is 16.3 Å². The molecule has 0 fully saturated rings. The second kappa shape index (κ2) is 7.71. The molecule has 7 nitrogen and oxygen atoms in total. The highest BCUT2D eigenvalue weighted by atomic mass is 35.5. The van der Waals surface area contributed by atoms with E-state index in [0.717, 1.165) is 5.56 Å². The van der Waals surface area contributed by atoms with Crippen LogP contribution in [0.4, 0.5) is 5.69 Å². The van der Waals surface area contributed by atoms with Gasteiger partial charge in [0, 0.05) is 16.8 Å². The average molecular weight is 372 g/mol. The van der Waals surface area contributed by atoms with Crippen molar-refractivity contribution >= 4 is 46.3 Å². The Morgan fingerprint density at radius 1 is 1.08 bits per heavy atom. The van der Waals surface area contributed by atoms with Gasteiger partial charge in [-0.15, -0.1) is 0 Å². The maximum atomic E-state index is 11.9. The minimum absolute atomic E-state index is 0.329. The summed E-state index contributed by atoms with van der Waals surface area (Å²) in [5.41, 5.74) is 2.13. The topological polar surface area (TPSA) is 104 Å². The van der Waals surface area contributed by atoms with E-state index in [9.17, 15) is 14.4 Å². The number of anilines is 1. The lowest BCUT2D eigenvalue weighted by atomic mass is 10.2. The smallest absolute Gasteiger partial charge is 0.331 e. The maximum absolute atomic E-state index is 11.9. The summed E-state index contributed by atoms with van der Waals surface area (Å²) in [6.07, 6.45) is 2.79. The first-order valence-corrected chi connectivity index (χ1v) is 8.00. The second-order valence-corrected chi connectivity index (χ2v) is 5.82. The summed E-state index contributed by atoms with van der Waals surface area (Å²) in [6.45, 7) is -0.425. The number of aromatic nitrogens is 2. The summed E-state index contributed by atoms with van der Waals surface area (Å²) in [7, 11) is 0. The van der Waals surface area contributed by atoms with Crippen LogP contribution in [0.2, 0.25) is 5.02 Å². The Morgan fingerprint density at radius 3 is 2.58 bits per heavy atom. The number of H-pyrrole nitrogens is 2. The largest absolute Gasteiger partial charge is 0.452 e. The molecule has 26 heavy (non-hydrogen) atoms. The lowest BCUT2D eigenvalue weighted by Crippen LogP contribution is -2.20. The molecule has 3 aromatic rings. The molecule has 0 aliphatic rings. The molecule has 0 aliphatic carbocycles. The van der Waals surface area contributed by atoms with E-state index >= 15 is 0 Å². The van der Waals surface area contributed by atoms with Crippen molar-refractivity contribution in [1.29, 1.82) is 0 Å². The Kier molecular flexibility index (Phi) is 5.19. The lowest BCUT2D eigenvalue weighted by Gasteiger charge is -2.05. The zero-order valence-corrected chi connectivity index (χ0v) is 14.2. The zero-order chi connectivity index (χ0) is 18.5. The number of ether oxygens (including phenoxy) is 1. The molecule has 0 bridgehead atoms. The Balaban J connectivity index is 1.51. The average Bonchev–Trinajstić information content (AvgIpc) is 2.99. The van der Waals surface area contributed by atoms with Gasteiger partial charge in [0.15, 0.2) is 6.61 Å². The molecule has 3 rings (SSSR count). The summed E-state index contributed by atoms with van der Waals surface area (Å²) in [5.74, 6) is -1.13. The third kappa shape index (κ3) is 4.61. The number of rotatable bonds is 5. The number of amides is 1. The lowest BCUT2D eigenvalue weighted by molar-refractivity contribution is -0.142. The number of imidazole rings is 1. The van der Waals surface area contributed by atoms with Crippen LogP contribution in [0.15, 0.2) is 53.3 Å². The van der Waals surface area contributed by atoms with Crippen molar-refractivity contribution in [3.05, 3.63) is 69.6 Å². The first-order valence-electron chi connectivity index (χ1n) is 7.62. The molecule has 1 heterocycles. The molecule has 0 saturated carbocycles. The van der Waals surface area contributed by atoms with Crippen LogP contribution in [-0.2, 0) is 14.3 Å². The van der Waals surface area contributed by atoms with Gasteiger partial charge in [0.2, 0.25) is 0 Å². The number of esters is 1. The van der Waals surface area contributed by atoms with Gasteiger partial charge >= 0.3 is 11.7 Å². The molecule has 0 aliphatic heterocycles. The van der Waals surface area contributed by atoms with Gasteiger partial charge in [-0.25, -0.2) is 9.59 Å². The van der Waals surface area contributed by atoms with Gasteiger partial charge in [0.05, 0.1) is 11.0 Å². The van der Waals surface area contributed by atoms with Gasteiger partial charge in [-0.3, -0.25) is 4.79 Å². The molecule has 3 N–H and O–H groups in total. The van der Waals surface area contributed by atoms with Crippen molar-refractivity contribution in [2.45, 2.75) is 0 Å². The third-order valence-electron chi connectivity index (χ3n) is 3.43. The van der Waals surface area contributed by atoms with Crippen LogP contribution in [0, 0.1) is 0 Å². The van der Waals surface area contributed by atoms with Crippen LogP contribution in [0.5, 0.6) is 0 Å². The molecule has 0 radical (unpaired) electrons. The molecule has 1 aromatic heterocycles. The van der Waals surface area contributed by atoms with Crippen LogP contribution in [0.25, 0.3) is 17.1 Å². The van der Waals surface area contributed by atoms with Gasteiger partial charge in [0.25, 0.3) is 5.91 Å². The van der Waals surface area contributed by atoms with Crippen molar-refractivity contribution in [3.8, 4) is 0 Å². The van der Waals surface area contributed by atoms with E-state index in [1.807, 2.05) is 0 Å². The number of fused-ring (bicyclic) bond motifs is 1. The number of hydrogen-bond donors (Lipinski definition) is 3. The fourth-order valence-corrected chi connectivity index (χ4v) is 2.36. The number of halogens is 1. The summed E-state index contributed by atoms with van der Waals surface area (Å²) < 4.78 is 4.89. The monoisotopic (exact) mass is 371 g/mol. The summed E-state index contributed by atoms with van der Waals surface area (Å²) in [6, 6.07) is 11.8. The number of aromatic amines is 2. The minimum atomic E-state index is -0.638. The number of nitrogens with one attached hydrogen (secondary N) is 3. The van der Waals surface area contributed by atoms with Crippen LogP contribution in [0.1, 0.15) is 5.56 Å². The van der Waals surface area contributed by atoms with Crippen LogP contribution < -0.4 is 11.0 Å². The van der Waals surface area contributed by atoms with E-state index < -0.39 is 18.5 Å². The number of benzene rings is 2. The molecule has 0 unspecified atom stereocenters. The van der Waals surface area contributed by atoms with Crippen molar-refractivity contribution in [2.24, 2.45) is 0 Å². The highest BCUT2D eigenvalue weighted by molar-refractivity contribution is 6.30. The molecule has 0 spiro atoms. The van der Waals surface area contributed by atoms with Crippen LogP contribution in [0.3, 0.4) is 0 Å². The van der Waals surface area contributed by atoms with Crippen LogP contribution >= 0.6 is 11.6 Å². The van der Waals surface area contributed by atoms with Crippen molar-refractivity contribution in [3.63, 3.8) is 0 Å². The first kappa shape index (κ1) is 17.5. The Hall–Kier alpha value is -3.32. The standard InChI is InChI=1S/C18H14ClN3O4/c19-12-4-1-11(2-5-12)3-8-17(24)26-10-16(23)20-13-6-7-14-15(9-13)22-18(25)21-14/h1-9H,10H2,(H,20,23)(H2,21,22,25). The molecular formula is C18H14ClN3O4. The van der Waals surface area contributed by atoms with Gasteiger partial charge in [-0.1, -0.05) is 23.7 Å². The first-order chi connectivity index (χ1) is 12.5. The Bertz CT molecular complexity index is 1030. The fraction of sp³-hybridized carbons (Fsp3) is 0.0556. The number of carbonyl (C=O) groups excluding carboxylic acids is 2. The Morgan fingerprint density at radius 2 is 1.81 bits per heavy atom. The van der Waals surface area contributed by atoms with Crippen molar-refractivity contribution in [1.82, 2.24) is 9.97 Å². The minimum Gasteiger partial charge on any atom is -0.452 e. The molecule has 8 heteroatoms. The molecule has 132 valence electrons. The SMILES string of the molecule is O=C(COC(=O)C=Cc1ccc(Cl)cc1)Nc1ccc2[nH]c(=O)[nH]c2c1. The summed E-state index contributed by atoms with van der Waals surface area (Å²) >= 11 is 5.78. The van der Waals surface area contributed by atoms with Gasteiger partial charge in [-0.2, -0.15) is 0 Å². The van der Waals surface area contributed by atoms with E-state index in [2.05, 4.69) is 15.3 Å². The predicted octanol–water partition coefficient (Wildman–Crippen LogP) is 2.70. The third-order valence-corrected chi connectivity index (χ3v) is 3.68. The maximum Gasteiger partial charge on any atom is 0.331 e. The molecule has 1 amide bonds. The van der Waals surface area contributed by atoms with E-state index in [1.54, 1.807) is 48.5 Å². The second-order valence-electron chi connectivity index (χ2n) is 5.38. The van der Waals surface area contributed by atoms with Crippen LogP contribution in [-0.4, -0.2) is 28.5 Å². The number of hydrogen-bond acceptors (Lipinski definition) is 4. The quantitative estimate of drug-likeness (QED) is 0.473. The molecular weight excluding hydrogens is 358 g/mol. The van der Waals surface area contributed by atoms with Gasteiger partial charge in [0.1, 0.15) is 0 Å². The van der Waals surface area contributed by atoms with Gasteiger partial charge in [-0.05, 0) is 42.0 Å². The van der Waals surface area contributed by atoms with E-state index in [0.29, 0.717) is 21.7 Å². The summed E-state index contributed by atoms with van der Waals surface area (Å²) in [5, 5.41) is 3.19. The van der Waals surface area contributed by atoms with E-state index in [1.165, 1.54) is 6.08 Å². The predicted molar refractivity (Wildman–Crippen MR) is 99.0 cm³/mol. The Labute approximate surface area is 152 Å².